The minimum absolute atomic E-state index is 0.0951. The van der Waals surface area contributed by atoms with E-state index in [1.54, 1.807) is 29.2 Å². The summed E-state index contributed by atoms with van der Waals surface area (Å²) in [7, 11) is 0. The first-order valence-electron chi connectivity index (χ1n) is 11.6. The van der Waals surface area contributed by atoms with Gasteiger partial charge in [0, 0.05) is 36.2 Å². The van der Waals surface area contributed by atoms with E-state index in [4.69, 9.17) is 9.47 Å². The Labute approximate surface area is 208 Å². The Kier molecular flexibility index (Phi) is 8.03. The third-order valence-electron chi connectivity index (χ3n) is 6.05. The molecule has 2 aromatic carbocycles. The molecule has 4 rings (SSSR count). The lowest BCUT2D eigenvalue weighted by Gasteiger charge is -2.31. The van der Waals surface area contributed by atoms with Crippen molar-refractivity contribution in [3.8, 4) is 5.75 Å². The van der Waals surface area contributed by atoms with E-state index in [-0.39, 0.29) is 11.3 Å². The molecule has 1 N–H and O–H groups in total. The van der Waals surface area contributed by atoms with Crippen molar-refractivity contribution in [3.05, 3.63) is 69.7 Å². The average Bonchev–Trinajstić information content (AvgIpc) is 3.11. The van der Waals surface area contributed by atoms with Gasteiger partial charge in [-0.15, -0.1) is 0 Å². The second-order valence-corrected chi connectivity index (χ2v) is 9.29. The zero-order valence-corrected chi connectivity index (χ0v) is 20.8. The Bertz CT molecular complexity index is 1080. The summed E-state index contributed by atoms with van der Waals surface area (Å²) in [6, 6.07) is 13.8. The lowest BCUT2D eigenvalue weighted by Crippen LogP contribution is -2.42. The van der Waals surface area contributed by atoms with Crippen LogP contribution in [0.25, 0.3) is 5.76 Å². The molecule has 180 valence electrons. The fourth-order valence-corrected chi connectivity index (χ4v) is 4.73. The number of rotatable bonds is 8. The first-order valence-corrected chi connectivity index (χ1v) is 12.4. The van der Waals surface area contributed by atoms with Crippen molar-refractivity contribution in [2.75, 3.05) is 46.0 Å². The van der Waals surface area contributed by atoms with E-state index in [0.29, 0.717) is 44.2 Å². The fraction of sp³-hybridized carbons (Fsp3) is 0.385. The minimum Gasteiger partial charge on any atom is -0.507 e. The van der Waals surface area contributed by atoms with Crippen molar-refractivity contribution in [1.29, 1.82) is 0 Å². The molecule has 2 aromatic rings. The quantitative estimate of drug-likeness (QED) is 0.317. The van der Waals surface area contributed by atoms with Crippen molar-refractivity contribution in [3.63, 3.8) is 0 Å². The molecular weight excluding hydrogens is 500 g/mol. The number of carbonyl (C=O) groups excluding carboxylic acids is 2. The highest BCUT2D eigenvalue weighted by atomic mass is 79.9. The summed E-state index contributed by atoms with van der Waals surface area (Å²) < 4.78 is 11.9. The third kappa shape index (κ3) is 5.35. The predicted molar refractivity (Wildman–Crippen MR) is 133 cm³/mol. The molecule has 2 fully saturated rings. The number of aliphatic hydroxyl groups is 1. The van der Waals surface area contributed by atoms with Crippen LogP contribution < -0.4 is 4.74 Å². The van der Waals surface area contributed by atoms with E-state index in [9.17, 15) is 14.7 Å². The molecule has 1 amide bonds. The number of ketones is 1. The summed E-state index contributed by atoms with van der Waals surface area (Å²) >= 11 is 3.49. The van der Waals surface area contributed by atoms with Crippen molar-refractivity contribution < 1.29 is 24.2 Å². The maximum Gasteiger partial charge on any atom is 0.295 e. The first-order chi connectivity index (χ1) is 16.5. The Hall–Kier alpha value is -2.68. The number of hydrogen-bond donors (Lipinski definition) is 1. The van der Waals surface area contributed by atoms with Crippen LogP contribution in [0.2, 0.25) is 0 Å². The number of amides is 1. The van der Waals surface area contributed by atoms with Crippen LogP contribution in [0.3, 0.4) is 0 Å². The van der Waals surface area contributed by atoms with Crippen LogP contribution in [0.5, 0.6) is 5.75 Å². The molecule has 0 aliphatic carbocycles. The third-order valence-corrected chi connectivity index (χ3v) is 6.54. The second-order valence-electron chi connectivity index (χ2n) is 8.38. The molecule has 2 saturated heterocycles. The topological polar surface area (TPSA) is 79.3 Å². The summed E-state index contributed by atoms with van der Waals surface area (Å²) in [5.41, 5.74) is 1.30. The molecule has 8 heteroatoms. The van der Waals surface area contributed by atoms with Crippen molar-refractivity contribution in [2.24, 2.45) is 0 Å². The monoisotopic (exact) mass is 528 g/mol. The van der Waals surface area contributed by atoms with Crippen LogP contribution in [0.15, 0.2) is 58.6 Å². The number of benzene rings is 2. The van der Waals surface area contributed by atoms with Gasteiger partial charge < -0.3 is 19.5 Å². The predicted octanol–water partition coefficient (Wildman–Crippen LogP) is 3.99. The van der Waals surface area contributed by atoms with Crippen molar-refractivity contribution in [2.45, 2.75) is 19.4 Å². The molecule has 2 aliphatic heterocycles. The maximum absolute atomic E-state index is 13.2. The summed E-state index contributed by atoms with van der Waals surface area (Å²) in [6.07, 6.45) is 0.855. The van der Waals surface area contributed by atoms with Gasteiger partial charge in [0.25, 0.3) is 11.7 Å². The summed E-state index contributed by atoms with van der Waals surface area (Å²) in [4.78, 5) is 30.2. The zero-order valence-electron chi connectivity index (χ0n) is 19.2. The van der Waals surface area contributed by atoms with E-state index in [1.165, 1.54) is 0 Å². The average molecular weight is 529 g/mol. The van der Waals surface area contributed by atoms with Gasteiger partial charge in [-0.3, -0.25) is 14.5 Å². The number of ether oxygens (including phenoxy) is 2. The van der Waals surface area contributed by atoms with Crippen LogP contribution in [0, 0.1) is 0 Å². The van der Waals surface area contributed by atoms with Gasteiger partial charge in [0.05, 0.1) is 31.4 Å². The molecule has 34 heavy (non-hydrogen) atoms. The van der Waals surface area contributed by atoms with Gasteiger partial charge in [-0.25, -0.2) is 0 Å². The highest BCUT2D eigenvalue weighted by Gasteiger charge is 2.46. The SMILES string of the molecule is CCCOc1cccc(/C(O)=C2\C(=O)C(=O)N(CCN3CCOCC3)C2c2cccc(Br)c2)c1. The standard InChI is InChI=1S/C26H29BrN2O5/c1-2-13-34-21-8-4-6-19(17-21)24(30)22-23(18-5-3-7-20(27)16-18)29(26(32)25(22)31)10-9-28-11-14-33-15-12-28/h3-8,16-17,23,30H,2,9-15H2,1H3/b24-22+. The number of nitrogens with zero attached hydrogens (tertiary/aromatic N) is 2. The molecule has 0 saturated carbocycles. The van der Waals surface area contributed by atoms with Gasteiger partial charge in [0.2, 0.25) is 0 Å². The summed E-state index contributed by atoms with van der Waals surface area (Å²) in [5, 5.41) is 11.3. The molecule has 0 bridgehead atoms. The molecule has 0 spiro atoms. The van der Waals surface area contributed by atoms with Gasteiger partial charge in [-0.1, -0.05) is 47.1 Å². The normalized spacial score (nSPS) is 20.6. The van der Waals surface area contributed by atoms with Crippen LogP contribution in [-0.2, 0) is 14.3 Å². The van der Waals surface area contributed by atoms with E-state index >= 15 is 0 Å². The number of aliphatic hydroxyl groups excluding tert-OH is 1. The number of Topliss-reactive ketones (excluding diaryl/α,β-unsaturated/α-hetero) is 1. The molecule has 1 atom stereocenters. The summed E-state index contributed by atoms with van der Waals surface area (Å²) in [5.74, 6) is -0.867. The largest absolute Gasteiger partial charge is 0.507 e. The van der Waals surface area contributed by atoms with Gasteiger partial charge in [-0.05, 0) is 36.2 Å². The Balaban J connectivity index is 1.72. The molecule has 2 aliphatic rings. The van der Waals surface area contributed by atoms with Gasteiger partial charge in [0.1, 0.15) is 11.5 Å². The van der Waals surface area contributed by atoms with E-state index in [0.717, 1.165) is 29.5 Å². The smallest absolute Gasteiger partial charge is 0.295 e. The lowest BCUT2D eigenvalue weighted by molar-refractivity contribution is -0.140. The molecule has 2 heterocycles. The van der Waals surface area contributed by atoms with Crippen molar-refractivity contribution in [1.82, 2.24) is 9.80 Å². The first kappa shape index (κ1) is 24.4. The van der Waals surface area contributed by atoms with E-state index in [1.807, 2.05) is 31.2 Å². The number of carbonyl (C=O) groups is 2. The Morgan fingerprint density at radius 2 is 1.88 bits per heavy atom. The molecule has 0 aromatic heterocycles. The number of likely N-dealkylation sites (tertiary alicyclic amines) is 1. The van der Waals surface area contributed by atoms with Gasteiger partial charge in [-0.2, -0.15) is 0 Å². The van der Waals surface area contributed by atoms with Crippen LogP contribution in [-0.4, -0.2) is 72.6 Å². The number of halogens is 1. The highest BCUT2D eigenvalue weighted by Crippen LogP contribution is 2.40. The lowest BCUT2D eigenvalue weighted by atomic mass is 9.95. The Morgan fingerprint density at radius 3 is 2.62 bits per heavy atom. The number of hydrogen-bond acceptors (Lipinski definition) is 6. The molecule has 1 unspecified atom stereocenters. The van der Waals surface area contributed by atoms with Crippen LogP contribution in [0.1, 0.15) is 30.5 Å². The van der Waals surface area contributed by atoms with E-state index < -0.39 is 17.7 Å². The maximum atomic E-state index is 13.2. The summed E-state index contributed by atoms with van der Waals surface area (Å²) in [6.45, 7) is 6.45. The van der Waals surface area contributed by atoms with Gasteiger partial charge >= 0.3 is 0 Å². The second kappa shape index (κ2) is 11.2. The van der Waals surface area contributed by atoms with Crippen LogP contribution >= 0.6 is 15.9 Å². The zero-order chi connectivity index (χ0) is 24.1. The Morgan fingerprint density at radius 1 is 1.12 bits per heavy atom. The van der Waals surface area contributed by atoms with Gasteiger partial charge in [0.15, 0.2) is 0 Å². The van der Waals surface area contributed by atoms with Crippen molar-refractivity contribution >= 4 is 33.4 Å². The number of morpholine rings is 1. The minimum atomic E-state index is -0.682. The molecule has 7 nitrogen and oxygen atoms in total. The van der Waals surface area contributed by atoms with E-state index in [2.05, 4.69) is 20.8 Å². The molecule has 0 radical (unpaired) electrons. The van der Waals surface area contributed by atoms with Crippen LogP contribution in [0.4, 0.5) is 0 Å². The highest BCUT2D eigenvalue weighted by molar-refractivity contribution is 9.10. The molecular formula is C26H29BrN2O5. The fourth-order valence-electron chi connectivity index (χ4n) is 4.32.